The Morgan fingerprint density at radius 2 is 1.78 bits per heavy atom. The fraction of sp³-hybridized carbons (Fsp3) is 0.529. The standard InChI is InChI=1S/C17H23NO5/c1-22-14-9-7-13(8-10-14)18(11-16(19)20)12-17(21)23-15-5-3-2-4-6-15/h7-10,15H,2-6,11-12H2,1H3,(H,19,20). The summed E-state index contributed by atoms with van der Waals surface area (Å²) in [5, 5.41) is 9.06. The molecule has 1 N–H and O–H groups in total. The van der Waals surface area contributed by atoms with Crippen LogP contribution in [0.4, 0.5) is 5.69 Å². The second kappa shape index (κ2) is 8.41. The Bertz CT molecular complexity index is 522. The van der Waals surface area contributed by atoms with Gasteiger partial charge in [0.05, 0.1) is 7.11 Å². The van der Waals surface area contributed by atoms with E-state index in [1.807, 2.05) is 0 Å². The summed E-state index contributed by atoms with van der Waals surface area (Å²) in [6.07, 6.45) is 5.11. The molecule has 0 atom stereocenters. The van der Waals surface area contributed by atoms with Gasteiger partial charge in [0.1, 0.15) is 24.9 Å². The normalized spacial score (nSPS) is 15.0. The Labute approximate surface area is 136 Å². The third kappa shape index (κ3) is 5.47. The largest absolute Gasteiger partial charge is 0.497 e. The van der Waals surface area contributed by atoms with Gasteiger partial charge in [0, 0.05) is 5.69 Å². The Hall–Kier alpha value is -2.24. The first-order chi connectivity index (χ1) is 11.1. The number of anilines is 1. The minimum Gasteiger partial charge on any atom is -0.497 e. The van der Waals surface area contributed by atoms with E-state index in [0.29, 0.717) is 11.4 Å². The van der Waals surface area contributed by atoms with Gasteiger partial charge in [0.25, 0.3) is 0 Å². The molecule has 0 unspecified atom stereocenters. The van der Waals surface area contributed by atoms with E-state index in [1.54, 1.807) is 31.4 Å². The lowest BCUT2D eigenvalue weighted by Crippen LogP contribution is -2.36. The van der Waals surface area contributed by atoms with Crippen LogP contribution in [0.25, 0.3) is 0 Å². The van der Waals surface area contributed by atoms with E-state index in [1.165, 1.54) is 11.3 Å². The summed E-state index contributed by atoms with van der Waals surface area (Å²) < 4.78 is 10.6. The van der Waals surface area contributed by atoms with E-state index in [4.69, 9.17) is 14.6 Å². The van der Waals surface area contributed by atoms with E-state index < -0.39 is 5.97 Å². The number of esters is 1. The summed E-state index contributed by atoms with van der Waals surface area (Å²) in [4.78, 5) is 24.7. The molecule has 1 aromatic rings. The molecule has 6 nitrogen and oxygen atoms in total. The lowest BCUT2D eigenvalue weighted by molar-refractivity contribution is -0.148. The van der Waals surface area contributed by atoms with Crippen molar-refractivity contribution in [3.63, 3.8) is 0 Å². The Kier molecular flexibility index (Phi) is 6.26. The highest BCUT2D eigenvalue weighted by Crippen LogP contribution is 2.22. The molecule has 0 heterocycles. The number of carbonyl (C=O) groups excluding carboxylic acids is 1. The SMILES string of the molecule is COc1ccc(N(CC(=O)O)CC(=O)OC2CCCCC2)cc1. The molecular weight excluding hydrogens is 298 g/mol. The predicted molar refractivity (Wildman–Crippen MR) is 85.8 cm³/mol. The van der Waals surface area contributed by atoms with Crippen LogP contribution < -0.4 is 9.64 Å². The van der Waals surface area contributed by atoms with E-state index in [-0.39, 0.29) is 25.2 Å². The molecule has 1 aliphatic carbocycles. The number of benzene rings is 1. The number of carbonyl (C=O) groups is 2. The molecule has 0 saturated heterocycles. The topological polar surface area (TPSA) is 76.1 Å². The second-order valence-electron chi connectivity index (χ2n) is 5.70. The van der Waals surface area contributed by atoms with Crippen molar-refractivity contribution < 1.29 is 24.2 Å². The van der Waals surface area contributed by atoms with Gasteiger partial charge in [0.15, 0.2) is 0 Å². The first kappa shape index (κ1) is 17.1. The van der Waals surface area contributed by atoms with Crippen LogP contribution in [0.2, 0.25) is 0 Å². The molecule has 2 rings (SSSR count). The quantitative estimate of drug-likeness (QED) is 0.778. The van der Waals surface area contributed by atoms with Gasteiger partial charge in [-0.3, -0.25) is 9.59 Å². The smallest absolute Gasteiger partial charge is 0.325 e. The van der Waals surface area contributed by atoms with Crippen LogP contribution in [-0.4, -0.2) is 43.3 Å². The molecule has 23 heavy (non-hydrogen) atoms. The zero-order valence-corrected chi connectivity index (χ0v) is 13.4. The van der Waals surface area contributed by atoms with Gasteiger partial charge in [0.2, 0.25) is 0 Å². The van der Waals surface area contributed by atoms with Crippen LogP contribution in [0.5, 0.6) is 5.75 Å². The van der Waals surface area contributed by atoms with Gasteiger partial charge >= 0.3 is 11.9 Å². The maximum atomic E-state index is 12.1. The third-order valence-corrected chi connectivity index (χ3v) is 3.93. The van der Waals surface area contributed by atoms with Crippen molar-refractivity contribution in [1.29, 1.82) is 0 Å². The van der Waals surface area contributed by atoms with Crippen molar-refractivity contribution in [3.8, 4) is 5.75 Å². The van der Waals surface area contributed by atoms with Gasteiger partial charge in [-0.1, -0.05) is 6.42 Å². The number of carboxylic acid groups (broad SMARTS) is 1. The number of hydrogen-bond acceptors (Lipinski definition) is 5. The van der Waals surface area contributed by atoms with Crippen molar-refractivity contribution in [3.05, 3.63) is 24.3 Å². The average molecular weight is 321 g/mol. The molecule has 0 amide bonds. The van der Waals surface area contributed by atoms with Crippen LogP contribution >= 0.6 is 0 Å². The van der Waals surface area contributed by atoms with E-state index in [9.17, 15) is 9.59 Å². The van der Waals surface area contributed by atoms with Crippen LogP contribution in [-0.2, 0) is 14.3 Å². The number of methoxy groups -OCH3 is 1. The van der Waals surface area contributed by atoms with Crippen molar-refractivity contribution in [2.45, 2.75) is 38.2 Å². The molecule has 1 aromatic carbocycles. The van der Waals surface area contributed by atoms with Gasteiger partial charge in [-0.15, -0.1) is 0 Å². The number of hydrogen-bond donors (Lipinski definition) is 1. The molecule has 0 spiro atoms. The first-order valence-electron chi connectivity index (χ1n) is 7.89. The Balaban J connectivity index is 1.99. The summed E-state index contributed by atoms with van der Waals surface area (Å²) in [6, 6.07) is 6.93. The van der Waals surface area contributed by atoms with Crippen LogP contribution in [0.1, 0.15) is 32.1 Å². The van der Waals surface area contributed by atoms with Crippen molar-refractivity contribution >= 4 is 17.6 Å². The van der Waals surface area contributed by atoms with Gasteiger partial charge in [-0.2, -0.15) is 0 Å². The number of ether oxygens (including phenoxy) is 2. The molecule has 1 fully saturated rings. The minimum absolute atomic E-state index is 0.0289. The predicted octanol–water partition coefficient (Wildman–Crippen LogP) is 2.46. The van der Waals surface area contributed by atoms with E-state index in [2.05, 4.69) is 0 Å². The van der Waals surface area contributed by atoms with Crippen molar-refractivity contribution in [2.24, 2.45) is 0 Å². The van der Waals surface area contributed by atoms with Crippen LogP contribution in [0.3, 0.4) is 0 Å². The van der Waals surface area contributed by atoms with Gasteiger partial charge in [-0.05, 0) is 49.9 Å². The highest BCUT2D eigenvalue weighted by molar-refractivity contribution is 5.80. The summed E-state index contributed by atoms with van der Waals surface area (Å²) in [5.41, 5.74) is 0.647. The summed E-state index contributed by atoms with van der Waals surface area (Å²) in [7, 11) is 1.56. The molecule has 0 aliphatic heterocycles. The summed E-state index contributed by atoms with van der Waals surface area (Å²) in [6.45, 7) is -0.332. The minimum atomic E-state index is -0.994. The molecule has 0 bridgehead atoms. The molecule has 0 aromatic heterocycles. The molecule has 126 valence electrons. The van der Waals surface area contributed by atoms with Crippen LogP contribution in [0, 0.1) is 0 Å². The van der Waals surface area contributed by atoms with E-state index >= 15 is 0 Å². The van der Waals surface area contributed by atoms with Crippen molar-refractivity contribution in [2.75, 3.05) is 25.1 Å². The monoisotopic (exact) mass is 321 g/mol. The average Bonchev–Trinajstić information content (AvgIpc) is 2.55. The van der Waals surface area contributed by atoms with Crippen LogP contribution in [0.15, 0.2) is 24.3 Å². The fourth-order valence-electron chi connectivity index (χ4n) is 2.76. The molecule has 1 saturated carbocycles. The highest BCUT2D eigenvalue weighted by atomic mass is 16.5. The summed E-state index contributed by atoms with van der Waals surface area (Å²) >= 11 is 0. The van der Waals surface area contributed by atoms with Gasteiger partial charge < -0.3 is 19.5 Å². The zero-order chi connectivity index (χ0) is 16.7. The molecule has 6 heteroatoms. The third-order valence-electron chi connectivity index (χ3n) is 3.93. The lowest BCUT2D eigenvalue weighted by Gasteiger charge is -2.25. The van der Waals surface area contributed by atoms with E-state index in [0.717, 1.165) is 25.7 Å². The lowest BCUT2D eigenvalue weighted by atomic mass is 9.98. The Morgan fingerprint density at radius 1 is 1.13 bits per heavy atom. The summed E-state index contributed by atoms with van der Waals surface area (Å²) in [5.74, 6) is -0.700. The maximum absolute atomic E-state index is 12.1. The number of carboxylic acids is 1. The molecule has 0 radical (unpaired) electrons. The highest BCUT2D eigenvalue weighted by Gasteiger charge is 2.21. The molecular formula is C17H23NO5. The zero-order valence-electron chi connectivity index (χ0n) is 13.4. The second-order valence-corrected chi connectivity index (χ2v) is 5.70. The van der Waals surface area contributed by atoms with Gasteiger partial charge in [-0.25, -0.2) is 0 Å². The number of nitrogens with zero attached hydrogens (tertiary/aromatic N) is 1. The maximum Gasteiger partial charge on any atom is 0.325 e. The number of rotatable bonds is 7. The van der Waals surface area contributed by atoms with Crippen molar-refractivity contribution in [1.82, 2.24) is 0 Å². The fourth-order valence-corrected chi connectivity index (χ4v) is 2.76. The Morgan fingerprint density at radius 3 is 2.35 bits per heavy atom. The first-order valence-corrected chi connectivity index (χ1v) is 7.89. The molecule has 1 aliphatic rings. The number of aliphatic carboxylic acids is 1.